The van der Waals surface area contributed by atoms with Gasteiger partial charge in [0.15, 0.2) is 11.3 Å². The average Bonchev–Trinajstić information content (AvgIpc) is 2.79. The van der Waals surface area contributed by atoms with E-state index < -0.39 is 28.9 Å². The SMILES string of the molecule is Cl.ClCCN(CCCl)c1ccccc1.[C-]#[N+]c1ccc(NC(=O)[C@@](C)(O)COC)cc1C(F)(F)F. The molecular weight excluding hydrogens is 530 g/mol. The molecule has 0 aliphatic carbocycles. The van der Waals surface area contributed by atoms with Gasteiger partial charge in [0.1, 0.15) is 0 Å². The van der Waals surface area contributed by atoms with Crippen LogP contribution in [0.4, 0.5) is 30.2 Å². The van der Waals surface area contributed by atoms with E-state index >= 15 is 0 Å². The van der Waals surface area contributed by atoms with Gasteiger partial charge in [-0.05, 0) is 31.2 Å². The van der Waals surface area contributed by atoms with E-state index in [0.717, 1.165) is 25.2 Å². The summed E-state index contributed by atoms with van der Waals surface area (Å²) in [6.07, 6.45) is -4.71. The average molecular weight is 557 g/mol. The standard InChI is InChI=1S/C13H13F3N2O3.C10H13Cl2N.ClH/c1-12(20,7-21-3)11(19)18-8-4-5-10(17-2)9(6-8)13(14,15)16;11-6-8-13(9-7-12)10-4-2-1-3-5-10;/h4-6,20H,7H2,1,3H3,(H,18,19);1-5H,6-9H2;1H/t12-;;/m0../s1. The van der Waals surface area contributed by atoms with Gasteiger partial charge in [0.2, 0.25) is 0 Å². The van der Waals surface area contributed by atoms with Crippen LogP contribution in [0, 0.1) is 6.57 Å². The second-order valence-electron chi connectivity index (χ2n) is 7.20. The second-order valence-corrected chi connectivity index (χ2v) is 7.96. The van der Waals surface area contributed by atoms with E-state index in [9.17, 15) is 23.1 Å². The molecule has 0 radical (unpaired) electrons. The maximum absolute atomic E-state index is 12.8. The minimum Gasteiger partial charge on any atom is -0.381 e. The molecule has 0 fully saturated rings. The summed E-state index contributed by atoms with van der Waals surface area (Å²) >= 11 is 11.4. The van der Waals surface area contributed by atoms with Crippen molar-refractivity contribution in [1.82, 2.24) is 0 Å². The van der Waals surface area contributed by atoms with E-state index in [1.807, 2.05) is 18.2 Å². The number of hydrogen-bond acceptors (Lipinski definition) is 4. The Morgan fingerprint density at radius 1 is 1.14 bits per heavy atom. The predicted molar refractivity (Wildman–Crippen MR) is 136 cm³/mol. The number of carbonyl (C=O) groups is 1. The van der Waals surface area contributed by atoms with Crippen molar-refractivity contribution in [3.05, 3.63) is 65.5 Å². The number of carbonyl (C=O) groups excluding carboxylic acids is 1. The van der Waals surface area contributed by atoms with Crippen LogP contribution in [0.2, 0.25) is 0 Å². The number of rotatable bonds is 9. The maximum atomic E-state index is 12.8. The van der Waals surface area contributed by atoms with Gasteiger partial charge in [-0.1, -0.05) is 24.3 Å². The minimum atomic E-state index is -4.71. The second kappa shape index (κ2) is 15.7. The lowest BCUT2D eigenvalue weighted by molar-refractivity contribution is -0.138. The maximum Gasteiger partial charge on any atom is 0.407 e. The van der Waals surface area contributed by atoms with Crippen LogP contribution in [0.15, 0.2) is 48.5 Å². The lowest BCUT2D eigenvalue weighted by Crippen LogP contribution is -2.43. The molecule has 1 atom stereocenters. The molecule has 0 aliphatic rings. The van der Waals surface area contributed by atoms with Crippen LogP contribution in [0.3, 0.4) is 0 Å². The third-order valence-corrected chi connectivity index (χ3v) is 4.76. The Morgan fingerprint density at radius 3 is 2.17 bits per heavy atom. The van der Waals surface area contributed by atoms with Crippen molar-refractivity contribution < 1.29 is 27.8 Å². The normalized spacial score (nSPS) is 12.2. The van der Waals surface area contributed by atoms with Crippen molar-refractivity contribution in [2.24, 2.45) is 0 Å². The van der Waals surface area contributed by atoms with Gasteiger partial charge in [0.25, 0.3) is 5.91 Å². The first-order chi connectivity index (χ1) is 16.0. The molecule has 194 valence electrons. The van der Waals surface area contributed by atoms with Gasteiger partial charge in [0, 0.05) is 43.3 Å². The summed E-state index contributed by atoms with van der Waals surface area (Å²) in [5.41, 5.74) is -2.59. The highest BCUT2D eigenvalue weighted by Gasteiger charge is 2.35. The molecule has 2 rings (SSSR count). The molecule has 2 aromatic carbocycles. The Balaban J connectivity index is 0.000000711. The zero-order chi connectivity index (χ0) is 25.8. The van der Waals surface area contributed by atoms with E-state index in [0.29, 0.717) is 17.8 Å². The fourth-order valence-electron chi connectivity index (χ4n) is 2.76. The van der Waals surface area contributed by atoms with Gasteiger partial charge in [0.05, 0.1) is 18.7 Å². The summed E-state index contributed by atoms with van der Waals surface area (Å²) in [6.45, 7) is 9.26. The Labute approximate surface area is 219 Å². The lowest BCUT2D eigenvalue weighted by Gasteiger charge is -2.22. The van der Waals surface area contributed by atoms with Crippen LogP contribution in [-0.2, 0) is 15.7 Å². The third-order valence-electron chi connectivity index (χ3n) is 4.43. The highest BCUT2D eigenvalue weighted by molar-refractivity contribution is 6.18. The summed E-state index contributed by atoms with van der Waals surface area (Å²) in [6, 6.07) is 12.9. The Bertz CT molecular complexity index is 950. The number of anilines is 2. The van der Waals surface area contributed by atoms with Crippen LogP contribution in [0.25, 0.3) is 4.85 Å². The number of hydrogen-bond donors (Lipinski definition) is 2. The molecule has 1 amide bonds. The number of ether oxygens (including phenoxy) is 1. The minimum absolute atomic E-state index is 0. The molecular formula is C23H27Cl3F3N3O3. The van der Waals surface area contributed by atoms with Crippen molar-refractivity contribution in [1.29, 1.82) is 0 Å². The van der Waals surface area contributed by atoms with Crippen LogP contribution >= 0.6 is 35.6 Å². The zero-order valence-corrected chi connectivity index (χ0v) is 21.4. The Kier molecular flexibility index (Phi) is 14.7. The molecule has 0 bridgehead atoms. The van der Waals surface area contributed by atoms with E-state index in [4.69, 9.17) is 29.8 Å². The number of para-hydroxylation sites is 1. The highest BCUT2D eigenvalue weighted by Crippen LogP contribution is 2.38. The number of aliphatic hydroxyl groups is 1. The van der Waals surface area contributed by atoms with Crippen molar-refractivity contribution in [2.75, 3.05) is 48.8 Å². The van der Waals surface area contributed by atoms with Crippen LogP contribution < -0.4 is 10.2 Å². The molecule has 35 heavy (non-hydrogen) atoms. The summed E-state index contributed by atoms with van der Waals surface area (Å²) < 4.78 is 43.0. The number of nitrogens with one attached hydrogen (secondary N) is 1. The van der Waals surface area contributed by atoms with Gasteiger partial charge in [-0.3, -0.25) is 4.79 Å². The van der Waals surface area contributed by atoms with Gasteiger partial charge >= 0.3 is 6.18 Å². The van der Waals surface area contributed by atoms with Gasteiger partial charge in [-0.25, -0.2) is 4.85 Å². The molecule has 2 aromatic rings. The van der Waals surface area contributed by atoms with Crippen molar-refractivity contribution in [3.8, 4) is 0 Å². The number of amides is 1. The van der Waals surface area contributed by atoms with Gasteiger partial charge in [-0.2, -0.15) is 13.2 Å². The van der Waals surface area contributed by atoms with E-state index in [1.54, 1.807) is 0 Å². The van der Waals surface area contributed by atoms with Crippen LogP contribution in [0.5, 0.6) is 0 Å². The monoisotopic (exact) mass is 555 g/mol. The van der Waals surface area contributed by atoms with Crippen LogP contribution in [-0.4, -0.2) is 55.2 Å². The topological polar surface area (TPSA) is 66.2 Å². The third kappa shape index (κ3) is 10.9. The van der Waals surface area contributed by atoms with E-state index in [2.05, 4.69) is 31.9 Å². The van der Waals surface area contributed by atoms with Crippen LogP contribution in [0.1, 0.15) is 12.5 Å². The largest absolute Gasteiger partial charge is 0.407 e. The molecule has 0 spiro atoms. The predicted octanol–water partition coefficient (Wildman–Crippen LogP) is 5.98. The summed E-state index contributed by atoms with van der Waals surface area (Å²) in [4.78, 5) is 16.7. The first-order valence-corrected chi connectivity index (χ1v) is 11.1. The quantitative estimate of drug-likeness (QED) is 0.294. The molecule has 0 saturated carbocycles. The molecule has 6 nitrogen and oxygen atoms in total. The fraction of sp³-hybridized carbons (Fsp3) is 0.391. The fourth-order valence-corrected chi connectivity index (χ4v) is 3.17. The van der Waals surface area contributed by atoms with Crippen molar-refractivity contribution >= 4 is 58.6 Å². The zero-order valence-electron chi connectivity index (χ0n) is 19.1. The first-order valence-electron chi connectivity index (χ1n) is 10.0. The van der Waals surface area contributed by atoms with E-state index in [-0.39, 0.29) is 24.7 Å². The number of benzene rings is 2. The number of methoxy groups -OCH3 is 1. The number of alkyl halides is 5. The molecule has 0 heterocycles. The van der Waals surface area contributed by atoms with Crippen molar-refractivity contribution in [3.63, 3.8) is 0 Å². The Morgan fingerprint density at radius 2 is 1.71 bits per heavy atom. The first kappa shape index (κ1) is 32.8. The smallest absolute Gasteiger partial charge is 0.381 e. The summed E-state index contributed by atoms with van der Waals surface area (Å²) in [5.74, 6) is 0.352. The van der Waals surface area contributed by atoms with Crippen molar-refractivity contribution in [2.45, 2.75) is 18.7 Å². The molecule has 0 aromatic heterocycles. The summed E-state index contributed by atoms with van der Waals surface area (Å²) in [7, 11) is 1.27. The molecule has 0 aliphatic heterocycles. The molecule has 0 saturated heterocycles. The summed E-state index contributed by atoms with van der Waals surface area (Å²) in [5, 5.41) is 11.9. The van der Waals surface area contributed by atoms with Gasteiger partial charge in [-0.15, -0.1) is 35.6 Å². The highest BCUT2D eigenvalue weighted by atomic mass is 35.5. The number of halogens is 6. The lowest BCUT2D eigenvalue weighted by atomic mass is 10.1. The molecule has 12 heteroatoms. The molecule has 0 unspecified atom stereocenters. The molecule has 2 N–H and O–H groups in total. The van der Waals surface area contributed by atoms with Gasteiger partial charge < -0.3 is 20.1 Å². The number of nitrogens with zero attached hydrogens (tertiary/aromatic N) is 2. The van der Waals surface area contributed by atoms with E-state index in [1.165, 1.54) is 19.7 Å². The Hall–Kier alpha value is -2.22.